The predicted octanol–water partition coefficient (Wildman–Crippen LogP) is 5.83. The van der Waals surface area contributed by atoms with E-state index in [4.69, 9.17) is 11.6 Å². The zero-order valence-corrected chi connectivity index (χ0v) is 19.9. The van der Waals surface area contributed by atoms with Crippen molar-refractivity contribution >= 4 is 28.5 Å². The molecule has 176 valence electrons. The van der Waals surface area contributed by atoms with Gasteiger partial charge in [0.15, 0.2) is 0 Å². The van der Waals surface area contributed by atoms with Crippen LogP contribution in [0.5, 0.6) is 0 Å². The number of aliphatic hydroxyl groups excluding tert-OH is 1. The number of benzene rings is 2. The molecule has 0 radical (unpaired) electrons. The number of carboxylic acid groups (broad SMARTS) is 1. The third-order valence-electron chi connectivity index (χ3n) is 6.79. The Labute approximate surface area is 200 Å². The van der Waals surface area contributed by atoms with Crippen molar-refractivity contribution in [1.29, 1.82) is 0 Å². The molecule has 0 aliphatic heterocycles. The van der Waals surface area contributed by atoms with Crippen LogP contribution < -0.4 is 5.32 Å². The van der Waals surface area contributed by atoms with E-state index in [1.54, 1.807) is 12.1 Å². The van der Waals surface area contributed by atoms with Crippen molar-refractivity contribution in [2.45, 2.75) is 64.1 Å². The number of carbonyl (C=O) groups is 1. The molecule has 1 saturated carbocycles. The lowest BCUT2D eigenvalue weighted by atomic mass is 9.89. The van der Waals surface area contributed by atoms with Crippen LogP contribution in [-0.4, -0.2) is 33.3 Å². The minimum absolute atomic E-state index is 0.152. The molecule has 0 saturated heterocycles. The summed E-state index contributed by atoms with van der Waals surface area (Å²) < 4.78 is 2.00. The van der Waals surface area contributed by atoms with Gasteiger partial charge in [0.05, 0.1) is 6.10 Å². The third kappa shape index (κ3) is 5.97. The molecule has 33 heavy (non-hydrogen) atoms. The van der Waals surface area contributed by atoms with Gasteiger partial charge in [-0.2, -0.15) is 0 Å². The van der Waals surface area contributed by atoms with Crippen LogP contribution in [-0.2, 0) is 13.0 Å². The fourth-order valence-corrected chi connectivity index (χ4v) is 5.22. The summed E-state index contributed by atoms with van der Waals surface area (Å²) in [5, 5.41) is 25.2. The summed E-state index contributed by atoms with van der Waals surface area (Å²) in [6.45, 7) is 3.31. The van der Waals surface area contributed by atoms with E-state index in [9.17, 15) is 15.0 Å². The summed E-state index contributed by atoms with van der Waals surface area (Å²) in [5.74, 6) is -0.309. The quantitative estimate of drug-likeness (QED) is 0.369. The van der Waals surface area contributed by atoms with Gasteiger partial charge in [-0.25, -0.2) is 4.79 Å². The van der Waals surface area contributed by atoms with E-state index >= 15 is 0 Å². The second kappa shape index (κ2) is 10.7. The molecule has 2 aromatic carbocycles. The summed E-state index contributed by atoms with van der Waals surface area (Å²) in [5.41, 5.74) is 3.32. The number of hydrogen-bond acceptors (Lipinski definition) is 3. The van der Waals surface area contributed by atoms with Gasteiger partial charge in [0, 0.05) is 35.1 Å². The molecule has 4 rings (SSSR count). The average Bonchev–Trinajstić information content (AvgIpc) is 3.16. The molecule has 0 spiro atoms. The first kappa shape index (κ1) is 23.8. The summed E-state index contributed by atoms with van der Waals surface area (Å²) in [4.78, 5) is 11.9. The van der Waals surface area contributed by atoms with Crippen molar-refractivity contribution in [3.05, 3.63) is 70.4 Å². The highest BCUT2D eigenvalue weighted by Gasteiger charge is 2.20. The van der Waals surface area contributed by atoms with Gasteiger partial charge in [-0.3, -0.25) is 0 Å². The number of rotatable bonds is 9. The number of aromatic carboxylic acids is 1. The van der Waals surface area contributed by atoms with Crippen LogP contribution in [0.2, 0.25) is 5.02 Å². The van der Waals surface area contributed by atoms with Gasteiger partial charge in [-0.15, -0.1) is 0 Å². The second-order valence-electron chi connectivity index (χ2n) is 9.43. The Balaban J connectivity index is 1.43. The third-order valence-corrected chi connectivity index (χ3v) is 7.02. The Morgan fingerprint density at radius 2 is 1.94 bits per heavy atom. The van der Waals surface area contributed by atoms with Crippen LogP contribution in [0.25, 0.3) is 10.9 Å². The molecule has 1 heterocycles. The Morgan fingerprint density at radius 3 is 2.67 bits per heavy atom. The second-order valence-corrected chi connectivity index (χ2v) is 9.86. The number of hydrogen-bond donors (Lipinski definition) is 3. The monoisotopic (exact) mass is 468 g/mol. The number of nitrogens with zero attached hydrogens (tertiary/aromatic N) is 1. The van der Waals surface area contributed by atoms with Crippen LogP contribution in [0.4, 0.5) is 0 Å². The maximum atomic E-state index is 11.9. The van der Waals surface area contributed by atoms with Crippen LogP contribution >= 0.6 is 11.6 Å². The number of halogens is 1. The fourth-order valence-electron chi connectivity index (χ4n) is 5.02. The van der Waals surface area contributed by atoms with Gasteiger partial charge < -0.3 is 20.1 Å². The van der Waals surface area contributed by atoms with Crippen molar-refractivity contribution in [1.82, 2.24) is 9.88 Å². The maximum absolute atomic E-state index is 11.9. The van der Waals surface area contributed by atoms with Gasteiger partial charge in [0.1, 0.15) is 5.69 Å². The average molecular weight is 469 g/mol. The first-order valence-electron chi connectivity index (χ1n) is 11.9. The standard InChI is InChI=1S/C27H33ClN2O3/c1-18(29-16-26(31)21-8-5-9-23(28)14-21)12-20-10-11-24-22(13-20)15-25(27(32)33)30(24)17-19-6-3-2-4-7-19/h5,8-11,13-15,18-19,26,29,31H,2-4,6-7,12,16-17H2,1H3,(H,32,33). The number of aromatic nitrogens is 1. The highest BCUT2D eigenvalue weighted by atomic mass is 35.5. The normalized spacial score (nSPS) is 16.7. The Bertz CT molecular complexity index is 1100. The summed E-state index contributed by atoms with van der Waals surface area (Å²) in [7, 11) is 0. The van der Waals surface area contributed by atoms with Crippen molar-refractivity contribution in [2.75, 3.05) is 6.54 Å². The number of fused-ring (bicyclic) bond motifs is 1. The molecule has 0 bridgehead atoms. The minimum atomic E-state index is -0.867. The van der Waals surface area contributed by atoms with Crippen molar-refractivity contribution in [3.63, 3.8) is 0 Å². The Kier molecular flexibility index (Phi) is 7.74. The first-order valence-corrected chi connectivity index (χ1v) is 12.3. The minimum Gasteiger partial charge on any atom is -0.477 e. The van der Waals surface area contributed by atoms with E-state index in [1.807, 2.05) is 22.8 Å². The maximum Gasteiger partial charge on any atom is 0.352 e. The Morgan fingerprint density at radius 1 is 1.15 bits per heavy atom. The lowest BCUT2D eigenvalue weighted by Gasteiger charge is -2.23. The molecule has 3 N–H and O–H groups in total. The van der Waals surface area contributed by atoms with Gasteiger partial charge in [0.25, 0.3) is 0 Å². The summed E-state index contributed by atoms with van der Waals surface area (Å²) in [6.07, 6.45) is 6.30. The van der Waals surface area contributed by atoms with Crippen LogP contribution in [0.15, 0.2) is 48.5 Å². The van der Waals surface area contributed by atoms with E-state index in [0.29, 0.717) is 23.2 Å². The molecule has 2 unspecified atom stereocenters. The molecule has 2 atom stereocenters. The molecule has 5 nitrogen and oxygen atoms in total. The largest absolute Gasteiger partial charge is 0.477 e. The van der Waals surface area contributed by atoms with Gasteiger partial charge in [-0.05, 0) is 73.6 Å². The number of nitrogens with one attached hydrogen (secondary N) is 1. The molecule has 0 amide bonds. The molecule has 6 heteroatoms. The highest BCUT2D eigenvalue weighted by Crippen LogP contribution is 2.29. The zero-order valence-electron chi connectivity index (χ0n) is 19.1. The fraction of sp³-hybridized carbons (Fsp3) is 0.444. The van der Waals surface area contributed by atoms with Gasteiger partial charge >= 0.3 is 5.97 Å². The van der Waals surface area contributed by atoms with Crippen molar-refractivity contribution < 1.29 is 15.0 Å². The van der Waals surface area contributed by atoms with Crippen LogP contribution in [0, 0.1) is 5.92 Å². The van der Waals surface area contributed by atoms with E-state index in [1.165, 1.54) is 32.1 Å². The highest BCUT2D eigenvalue weighted by molar-refractivity contribution is 6.30. The number of carboxylic acids is 1. The van der Waals surface area contributed by atoms with E-state index in [2.05, 4.69) is 30.4 Å². The first-order chi connectivity index (χ1) is 15.9. The van der Waals surface area contributed by atoms with Gasteiger partial charge in [-0.1, -0.05) is 49.1 Å². The lowest BCUT2D eigenvalue weighted by Crippen LogP contribution is -2.32. The van der Waals surface area contributed by atoms with E-state index < -0.39 is 12.1 Å². The molecule has 1 fully saturated rings. The van der Waals surface area contributed by atoms with E-state index in [-0.39, 0.29) is 6.04 Å². The lowest BCUT2D eigenvalue weighted by molar-refractivity contribution is 0.0684. The Hall–Kier alpha value is -2.34. The summed E-state index contributed by atoms with van der Waals surface area (Å²) >= 11 is 6.02. The zero-order chi connectivity index (χ0) is 23.4. The molecule has 1 aromatic heterocycles. The topological polar surface area (TPSA) is 74.5 Å². The molecular weight excluding hydrogens is 436 g/mol. The molecular formula is C27H33ClN2O3. The molecule has 1 aliphatic carbocycles. The summed E-state index contributed by atoms with van der Waals surface area (Å²) in [6, 6.07) is 15.5. The predicted molar refractivity (Wildman–Crippen MR) is 133 cm³/mol. The van der Waals surface area contributed by atoms with Gasteiger partial charge in [0.2, 0.25) is 0 Å². The van der Waals surface area contributed by atoms with Crippen molar-refractivity contribution in [3.8, 4) is 0 Å². The number of aliphatic hydroxyl groups is 1. The van der Waals surface area contributed by atoms with Crippen molar-refractivity contribution in [2.24, 2.45) is 5.92 Å². The smallest absolute Gasteiger partial charge is 0.352 e. The van der Waals surface area contributed by atoms with Crippen LogP contribution in [0.3, 0.4) is 0 Å². The van der Waals surface area contributed by atoms with E-state index in [0.717, 1.165) is 35.0 Å². The SMILES string of the molecule is CC(Cc1ccc2c(c1)cc(C(=O)O)n2CC1CCCCC1)NCC(O)c1cccc(Cl)c1. The molecule has 1 aliphatic rings. The molecule has 3 aromatic rings. The van der Waals surface area contributed by atoms with Crippen LogP contribution in [0.1, 0.15) is 66.7 Å².